The van der Waals surface area contributed by atoms with Crippen molar-refractivity contribution in [1.29, 1.82) is 0 Å². The lowest BCUT2D eigenvalue weighted by Gasteiger charge is -2.27. The van der Waals surface area contributed by atoms with Crippen LogP contribution in [0.15, 0.2) is 0 Å². The molecule has 0 radical (unpaired) electrons. The Hall–Kier alpha value is -1.09. The van der Waals surface area contributed by atoms with Crippen molar-refractivity contribution in [2.75, 3.05) is 0 Å². The van der Waals surface area contributed by atoms with Crippen LogP contribution in [-0.2, 0) is 4.79 Å². The van der Waals surface area contributed by atoms with Crippen molar-refractivity contribution in [1.82, 2.24) is 0 Å². The highest BCUT2D eigenvalue weighted by molar-refractivity contribution is 5.76. The van der Waals surface area contributed by atoms with Gasteiger partial charge in [0.05, 0.1) is 0 Å². The number of aliphatic carboxylic acids is 1. The molecule has 0 bridgehead atoms. The van der Waals surface area contributed by atoms with E-state index in [1.54, 1.807) is 0 Å². The number of rotatable bonds is 5. The summed E-state index contributed by atoms with van der Waals surface area (Å²) in [5.41, 5.74) is 0. The van der Waals surface area contributed by atoms with E-state index >= 15 is 0 Å². The predicted molar refractivity (Wildman–Crippen MR) is 33.3 cm³/mol. The van der Waals surface area contributed by atoms with Crippen molar-refractivity contribution in [3.05, 3.63) is 0 Å². The summed E-state index contributed by atoms with van der Waals surface area (Å²) in [5, 5.41) is 7.64. The molecular formula is C6H4F8O2. The lowest BCUT2D eigenvalue weighted by atomic mass is 10.0. The number of halogens is 8. The molecule has 0 aliphatic carbocycles. The van der Waals surface area contributed by atoms with Crippen LogP contribution in [0.2, 0.25) is 0 Å². The van der Waals surface area contributed by atoms with Crippen molar-refractivity contribution >= 4 is 5.97 Å². The molecule has 0 amide bonds. The Labute approximate surface area is 82.8 Å². The lowest BCUT2D eigenvalue weighted by molar-refractivity contribution is -0.255. The Morgan fingerprint density at radius 2 is 1.38 bits per heavy atom. The van der Waals surface area contributed by atoms with Gasteiger partial charge in [-0.25, -0.2) is 22.4 Å². The summed E-state index contributed by atoms with van der Waals surface area (Å²) < 4.78 is 96.5. The highest BCUT2D eigenvalue weighted by atomic mass is 19.3. The molecule has 0 rings (SSSR count). The van der Waals surface area contributed by atoms with E-state index in [1.165, 1.54) is 0 Å². The van der Waals surface area contributed by atoms with Gasteiger partial charge in [-0.1, -0.05) is 0 Å². The zero-order valence-electron chi connectivity index (χ0n) is 7.11. The van der Waals surface area contributed by atoms with Crippen LogP contribution in [0.4, 0.5) is 35.1 Å². The van der Waals surface area contributed by atoms with Crippen LogP contribution in [0.5, 0.6) is 0 Å². The number of carboxylic acid groups (broad SMARTS) is 1. The molecule has 0 aromatic carbocycles. The minimum atomic E-state index is -6.07. The lowest BCUT2D eigenvalue weighted by Crippen LogP contribution is -2.56. The van der Waals surface area contributed by atoms with Crippen LogP contribution >= 0.6 is 0 Å². The molecule has 2 unspecified atom stereocenters. The van der Waals surface area contributed by atoms with E-state index in [-0.39, 0.29) is 0 Å². The van der Waals surface area contributed by atoms with E-state index in [0.29, 0.717) is 0 Å². The Balaban J connectivity index is 5.12. The summed E-state index contributed by atoms with van der Waals surface area (Å²) in [6.07, 6.45) is -13.1. The maximum atomic E-state index is 12.4. The van der Waals surface area contributed by atoms with Gasteiger partial charge in [-0.15, -0.1) is 0 Å². The van der Waals surface area contributed by atoms with Gasteiger partial charge in [0.25, 0.3) is 6.43 Å². The first-order chi connectivity index (χ1) is 6.96. The molecule has 0 aliphatic rings. The maximum Gasteiger partial charge on any atom is 0.407 e. The fourth-order valence-electron chi connectivity index (χ4n) is 0.643. The first kappa shape index (κ1) is 14.9. The van der Waals surface area contributed by atoms with Crippen LogP contribution in [0.25, 0.3) is 0 Å². The van der Waals surface area contributed by atoms with Gasteiger partial charge in [0, 0.05) is 0 Å². The van der Waals surface area contributed by atoms with Gasteiger partial charge in [0.2, 0.25) is 6.17 Å². The van der Waals surface area contributed by atoms with Crippen molar-refractivity contribution in [3.63, 3.8) is 0 Å². The van der Waals surface area contributed by atoms with E-state index in [9.17, 15) is 39.9 Å². The summed E-state index contributed by atoms with van der Waals surface area (Å²) >= 11 is 0. The smallest absolute Gasteiger partial charge is 0.407 e. The second kappa shape index (κ2) is 4.42. The molecular weight excluding hydrogens is 256 g/mol. The summed E-state index contributed by atoms with van der Waals surface area (Å²) in [6, 6.07) is 0. The second-order valence-electron chi connectivity index (χ2n) is 2.68. The molecule has 2 atom stereocenters. The maximum absolute atomic E-state index is 12.4. The predicted octanol–water partition coefficient (Wildman–Crippen LogP) is 2.28. The molecule has 2 nitrogen and oxygen atoms in total. The van der Waals surface area contributed by atoms with Gasteiger partial charge in [-0.3, -0.25) is 0 Å². The molecule has 0 heterocycles. The largest absolute Gasteiger partial charge is 0.477 e. The third-order valence-electron chi connectivity index (χ3n) is 1.55. The molecule has 0 aromatic heterocycles. The Bertz CT molecular complexity index is 265. The number of alkyl halides is 8. The van der Waals surface area contributed by atoms with Crippen LogP contribution in [0, 0.1) is 0 Å². The fraction of sp³-hybridized carbons (Fsp3) is 0.833. The standard InChI is InChI=1S/C6H4F8O2/c7-1(3(9)10)2(8)5(11,12)6(13,14)4(15)16/h1-3H,(H,15,16). The number of carboxylic acids is 1. The summed E-state index contributed by atoms with van der Waals surface area (Å²) in [7, 11) is 0. The number of hydrogen-bond acceptors (Lipinski definition) is 1. The summed E-state index contributed by atoms with van der Waals surface area (Å²) in [4.78, 5) is 9.66. The highest BCUT2D eigenvalue weighted by Gasteiger charge is 2.69. The molecule has 96 valence electrons. The van der Waals surface area contributed by atoms with E-state index in [0.717, 1.165) is 0 Å². The number of carbonyl (C=O) groups is 1. The molecule has 0 saturated carbocycles. The average Bonchev–Trinajstić information content (AvgIpc) is 2.14. The zero-order valence-corrected chi connectivity index (χ0v) is 7.11. The van der Waals surface area contributed by atoms with Crippen molar-refractivity contribution < 1.29 is 45.0 Å². The van der Waals surface area contributed by atoms with Gasteiger partial charge in [0.15, 0.2) is 6.17 Å². The van der Waals surface area contributed by atoms with Crippen molar-refractivity contribution in [2.45, 2.75) is 30.6 Å². The molecule has 0 spiro atoms. The molecule has 0 aliphatic heterocycles. The van der Waals surface area contributed by atoms with E-state index in [1.807, 2.05) is 0 Å². The van der Waals surface area contributed by atoms with Gasteiger partial charge >= 0.3 is 17.8 Å². The zero-order chi connectivity index (χ0) is 13.3. The Morgan fingerprint density at radius 3 is 1.62 bits per heavy atom. The first-order valence-electron chi connectivity index (χ1n) is 3.51. The number of hydrogen-bond donors (Lipinski definition) is 1. The van der Waals surface area contributed by atoms with Crippen molar-refractivity contribution in [2.24, 2.45) is 0 Å². The molecule has 0 saturated heterocycles. The Morgan fingerprint density at radius 1 is 1.00 bits per heavy atom. The van der Waals surface area contributed by atoms with E-state index in [2.05, 4.69) is 0 Å². The molecule has 0 aromatic rings. The van der Waals surface area contributed by atoms with Gasteiger partial charge in [-0.05, 0) is 0 Å². The van der Waals surface area contributed by atoms with Crippen molar-refractivity contribution in [3.8, 4) is 0 Å². The third-order valence-corrected chi connectivity index (χ3v) is 1.55. The van der Waals surface area contributed by atoms with Gasteiger partial charge < -0.3 is 5.11 Å². The minimum absolute atomic E-state index is 3.44. The summed E-state index contributed by atoms with van der Waals surface area (Å²) in [5.74, 6) is -15.5. The molecule has 16 heavy (non-hydrogen) atoms. The Kier molecular flexibility index (Phi) is 4.12. The van der Waals surface area contributed by atoms with Crippen LogP contribution in [-0.4, -0.2) is 41.7 Å². The topological polar surface area (TPSA) is 37.3 Å². The van der Waals surface area contributed by atoms with E-state index < -0.39 is 36.6 Å². The normalized spacial score (nSPS) is 17.3. The quantitative estimate of drug-likeness (QED) is 0.770. The van der Waals surface area contributed by atoms with Gasteiger partial charge in [0.1, 0.15) is 0 Å². The van der Waals surface area contributed by atoms with Gasteiger partial charge in [-0.2, -0.15) is 17.6 Å². The van der Waals surface area contributed by atoms with Crippen LogP contribution in [0.3, 0.4) is 0 Å². The second-order valence-corrected chi connectivity index (χ2v) is 2.68. The SMILES string of the molecule is O=C(O)C(F)(F)C(F)(F)C(F)C(F)C(F)F. The monoisotopic (exact) mass is 260 g/mol. The average molecular weight is 260 g/mol. The molecule has 10 heteroatoms. The first-order valence-corrected chi connectivity index (χ1v) is 3.51. The van der Waals surface area contributed by atoms with E-state index in [4.69, 9.17) is 5.11 Å². The minimum Gasteiger partial charge on any atom is -0.477 e. The van der Waals surface area contributed by atoms with Crippen LogP contribution < -0.4 is 0 Å². The third kappa shape index (κ3) is 2.35. The molecule has 0 fully saturated rings. The summed E-state index contributed by atoms with van der Waals surface area (Å²) in [6.45, 7) is 0. The fourth-order valence-corrected chi connectivity index (χ4v) is 0.643. The van der Waals surface area contributed by atoms with Crippen LogP contribution in [0.1, 0.15) is 0 Å². The molecule has 1 N–H and O–H groups in total. The highest BCUT2D eigenvalue weighted by Crippen LogP contribution is 2.41.